The summed E-state index contributed by atoms with van der Waals surface area (Å²) in [5, 5.41) is 2.90. The van der Waals surface area contributed by atoms with Crippen LogP contribution in [0.1, 0.15) is 5.56 Å². The Labute approximate surface area is 117 Å². The molecule has 1 aromatic carbocycles. The number of alkyl halides is 3. The lowest BCUT2D eigenvalue weighted by molar-refractivity contribution is -0.136. The van der Waals surface area contributed by atoms with Crippen LogP contribution in [-0.2, 0) is 6.18 Å². The van der Waals surface area contributed by atoms with E-state index in [4.69, 9.17) is 0 Å². The van der Waals surface area contributed by atoms with E-state index in [1.165, 1.54) is 12.1 Å². The molecule has 1 aliphatic rings. The molecule has 6 heteroatoms. The molecule has 0 aromatic heterocycles. The standard InChI is InChI=1S/C14H20F3N3/c1-19-8-10-20(11-9-19)7-6-18-13-5-3-2-4-12(13)14(15,16)17/h2-5,18H,6-11H2,1H3. The molecule has 0 atom stereocenters. The molecule has 3 nitrogen and oxygen atoms in total. The molecule has 1 N–H and O–H groups in total. The van der Waals surface area contributed by atoms with Gasteiger partial charge in [0.1, 0.15) is 0 Å². The molecule has 2 rings (SSSR count). The van der Waals surface area contributed by atoms with Crippen molar-refractivity contribution in [3.63, 3.8) is 0 Å². The SMILES string of the molecule is CN1CCN(CCNc2ccccc2C(F)(F)F)CC1. The van der Waals surface area contributed by atoms with Crippen LogP contribution in [0.15, 0.2) is 24.3 Å². The van der Waals surface area contributed by atoms with E-state index in [2.05, 4.69) is 22.2 Å². The third kappa shape index (κ3) is 4.11. The van der Waals surface area contributed by atoms with Gasteiger partial charge < -0.3 is 10.2 Å². The van der Waals surface area contributed by atoms with Gasteiger partial charge in [0.15, 0.2) is 0 Å². The summed E-state index contributed by atoms with van der Waals surface area (Å²) in [6.45, 7) is 5.26. The van der Waals surface area contributed by atoms with Crippen LogP contribution in [-0.4, -0.2) is 56.1 Å². The Morgan fingerprint density at radius 3 is 2.40 bits per heavy atom. The second-order valence-corrected chi connectivity index (χ2v) is 5.12. The first-order valence-corrected chi connectivity index (χ1v) is 6.78. The van der Waals surface area contributed by atoms with Crippen LogP contribution in [0.2, 0.25) is 0 Å². The van der Waals surface area contributed by atoms with E-state index in [1.54, 1.807) is 6.07 Å². The van der Waals surface area contributed by atoms with Gasteiger partial charge in [-0.3, -0.25) is 4.90 Å². The fourth-order valence-corrected chi connectivity index (χ4v) is 2.30. The van der Waals surface area contributed by atoms with E-state index in [9.17, 15) is 13.2 Å². The highest BCUT2D eigenvalue weighted by molar-refractivity contribution is 5.52. The first-order valence-electron chi connectivity index (χ1n) is 6.78. The molecule has 112 valence electrons. The number of hydrogen-bond acceptors (Lipinski definition) is 3. The monoisotopic (exact) mass is 287 g/mol. The summed E-state index contributed by atoms with van der Waals surface area (Å²) in [5.41, 5.74) is -0.437. The maximum Gasteiger partial charge on any atom is 0.418 e. The topological polar surface area (TPSA) is 18.5 Å². The minimum Gasteiger partial charge on any atom is -0.383 e. The molecule has 1 aromatic rings. The lowest BCUT2D eigenvalue weighted by atomic mass is 10.1. The highest BCUT2D eigenvalue weighted by Crippen LogP contribution is 2.34. The molecule has 20 heavy (non-hydrogen) atoms. The van der Waals surface area contributed by atoms with Crippen LogP contribution < -0.4 is 5.32 Å². The van der Waals surface area contributed by atoms with Crippen molar-refractivity contribution in [3.8, 4) is 0 Å². The maximum atomic E-state index is 12.8. The highest BCUT2D eigenvalue weighted by Gasteiger charge is 2.33. The summed E-state index contributed by atoms with van der Waals surface area (Å²) in [6, 6.07) is 5.62. The molecule has 0 radical (unpaired) electrons. The number of benzene rings is 1. The minimum absolute atomic E-state index is 0.161. The molecule has 0 amide bonds. The molecule has 1 aliphatic heterocycles. The van der Waals surface area contributed by atoms with Crippen LogP contribution in [0, 0.1) is 0 Å². The Morgan fingerprint density at radius 1 is 1.10 bits per heavy atom. The lowest BCUT2D eigenvalue weighted by Crippen LogP contribution is -2.45. The van der Waals surface area contributed by atoms with Gasteiger partial charge in [0, 0.05) is 45.0 Å². The van der Waals surface area contributed by atoms with Crippen molar-refractivity contribution < 1.29 is 13.2 Å². The molecule has 0 saturated carbocycles. The zero-order valence-electron chi connectivity index (χ0n) is 11.6. The average molecular weight is 287 g/mol. The van der Waals surface area contributed by atoms with E-state index in [0.717, 1.165) is 38.8 Å². The summed E-state index contributed by atoms with van der Waals surface area (Å²) in [6.07, 6.45) is -4.31. The number of piperazine rings is 1. The minimum atomic E-state index is -4.31. The Balaban J connectivity index is 1.85. The van der Waals surface area contributed by atoms with Gasteiger partial charge in [-0.1, -0.05) is 12.1 Å². The smallest absolute Gasteiger partial charge is 0.383 e. The van der Waals surface area contributed by atoms with E-state index in [0.29, 0.717) is 6.54 Å². The third-order valence-electron chi connectivity index (χ3n) is 3.57. The van der Waals surface area contributed by atoms with Crippen LogP contribution >= 0.6 is 0 Å². The summed E-state index contributed by atoms with van der Waals surface area (Å²) in [4.78, 5) is 4.52. The molecule has 1 fully saturated rings. The van der Waals surface area contributed by atoms with Crippen LogP contribution in [0.3, 0.4) is 0 Å². The second kappa shape index (κ2) is 6.45. The largest absolute Gasteiger partial charge is 0.418 e. The molecular weight excluding hydrogens is 267 g/mol. The summed E-state index contributed by atoms with van der Waals surface area (Å²) >= 11 is 0. The van der Waals surface area contributed by atoms with Crippen molar-refractivity contribution in [3.05, 3.63) is 29.8 Å². The highest BCUT2D eigenvalue weighted by atomic mass is 19.4. The number of nitrogens with one attached hydrogen (secondary N) is 1. The predicted octanol–water partition coefficient (Wildman–Crippen LogP) is 2.36. The third-order valence-corrected chi connectivity index (χ3v) is 3.57. The number of likely N-dealkylation sites (N-methyl/N-ethyl adjacent to an activating group) is 1. The number of anilines is 1. The number of nitrogens with zero attached hydrogens (tertiary/aromatic N) is 2. The molecule has 0 spiro atoms. The molecule has 1 saturated heterocycles. The van der Waals surface area contributed by atoms with Crippen LogP contribution in [0.4, 0.5) is 18.9 Å². The van der Waals surface area contributed by atoms with Gasteiger partial charge in [-0.15, -0.1) is 0 Å². The van der Waals surface area contributed by atoms with Gasteiger partial charge in [-0.25, -0.2) is 0 Å². The van der Waals surface area contributed by atoms with Crippen molar-refractivity contribution in [2.75, 3.05) is 51.6 Å². The van der Waals surface area contributed by atoms with Crippen molar-refractivity contribution in [1.29, 1.82) is 0 Å². The van der Waals surface area contributed by atoms with E-state index < -0.39 is 11.7 Å². The summed E-state index contributed by atoms with van der Waals surface area (Å²) < 4.78 is 38.5. The normalized spacial score (nSPS) is 18.2. The Bertz CT molecular complexity index is 426. The number of halogens is 3. The van der Waals surface area contributed by atoms with Crippen LogP contribution in [0.5, 0.6) is 0 Å². The average Bonchev–Trinajstić information content (AvgIpc) is 2.40. The second-order valence-electron chi connectivity index (χ2n) is 5.12. The zero-order valence-corrected chi connectivity index (χ0v) is 11.6. The van der Waals surface area contributed by atoms with Crippen molar-refractivity contribution >= 4 is 5.69 Å². The van der Waals surface area contributed by atoms with E-state index >= 15 is 0 Å². The predicted molar refractivity (Wildman–Crippen MR) is 73.9 cm³/mol. The number of para-hydroxylation sites is 1. The lowest BCUT2D eigenvalue weighted by Gasteiger charge is -2.32. The fourth-order valence-electron chi connectivity index (χ4n) is 2.30. The van der Waals surface area contributed by atoms with Gasteiger partial charge in [-0.05, 0) is 19.2 Å². The Morgan fingerprint density at radius 2 is 1.75 bits per heavy atom. The van der Waals surface area contributed by atoms with Gasteiger partial charge in [-0.2, -0.15) is 13.2 Å². The first kappa shape index (κ1) is 15.1. The number of hydrogen-bond donors (Lipinski definition) is 1. The van der Waals surface area contributed by atoms with Crippen molar-refractivity contribution in [2.45, 2.75) is 6.18 Å². The van der Waals surface area contributed by atoms with Gasteiger partial charge in [0.2, 0.25) is 0 Å². The molecule has 0 bridgehead atoms. The quantitative estimate of drug-likeness (QED) is 0.917. The van der Waals surface area contributed by atoms with Crippen molar-refractivity contribution in [2.24, 2.45) is 0 Å². The molecule has 0 unspecified atom stereocenters. The van der Waals surface area contributed by atoms with Crippen LogP contribution in [0.25, 0.3) is 0 Å². The van der Waals surface area contributed by atoms with E-state index in [1.807, 2.05) is 0 Å². The van der Waals surface area contributed by atoms with Crippen molar-refractivity contribution in [1.82, 2.24) is 9.80 Å². The Kier molecular flexibility index (Phi) is 4.88. The maximum absolute atomic E-state index is 12.8. The molecule has 0 aliphatic carbocycles. The van der Waals surface area contributed by atoms with Gasteiger partial charge >= 0.3 is 6.18 Å². The first-order chi connectivity index (χ1) is 9.47. The number of rotatable bonds is 4. The Hall–Kier alpha value is -1.27. The zero-order chi connectivity index (χ0) is 14.6. The van der Waals surface area contributed by atoms with E-state index in [-0.39, 0.29) is 5.69 Å². The molecular formula is C14H20F3N3. The summed E-state index contributed by atoms with van der Waals surface area (Å²) in [7, 11) is 2.08. The fraction of sp³-hybridized carbons (Fsp3) is 0.571. The molecule has 1 heterocycles. The summed E-state index contributed by atoms with van der Waals surface area (Å²) in [5.74, 6) is 0. The van der Waals surface area contributed by atoms with Gasteiger partial charge in [0.25, 0.3) is 0 Å². The van der Waals surface area contributed by atoms with Gasteiger partial charge in [0.05, 0.1) is 5.56 Å².